The van der Waals surface area contributed by atoms with Crippen LogP contribution in [0.25, 0.3) is 0 Å². The molecule has 1 aliphatic rings. The minimum Gasteiger partial charge on any atom is -0.460 e. The van der Waals surface area contributed by atoms with Crippen molar-refractivity contribution in [3.05, 3.63) is 76.0 Å². The third-order valence-electron chi connectivity index (χ3n) is 7.07. The van der Waals surface area contributed by atoms with Crippen LogP contribution in [0.5, 0.6) is 0 Å². The Morgan fingerprint density at radius 3 is 1.98 bits per heavy atom. The molecule has 308 valence electrons. The molecule has 1 fully saturated rings. The number of nitrogens with zero attached hydrogens (tertiary/aromatic N) is 2. The van der Waals surface area contributed by atoms with Crippen LogP contribution in [0.2, 0.25) is 5.02 Å². The van der Waals surface area contributed by atoms with Crippen LogP contribution in [0.4, 0.5) is 23.7 Å². The largest absolute Gasteiger partial charge is 0.460 e. The van der Waals surface area contributed by atoms with Gasteiger partial charge in [0.2, 0.25) is 0 Å². The van der Waals surface area contributed by atoms with E-state index in [0.29, 0.717) is 40.4 Å². The second kappa shape index (κ2) is 27.7. The van der Waals surface area contributed by atoms with Crippen LogP contribution in [-0.4, -0.2) is 53.3 Å². The number of carbonyl (C=O) groups excluding carboxylic acids is 2. The first kappa shape index (κ1) is 54.5. The third kappa shape index (κ3) is 20.0. The highest BCUT2D eigenvalue weighted by Crippen LogP contribution is 2.40. The van der Waals surface area contributed by atoms with E-state index in [1.165, 1.54) is 0 Å². The smallest absolute Gasteiger partial charge is 0.390 e. The van der Waals surface area contributed by atoms with E-state index in [0.717, 1.165) is 10.5 Å². The number of benzene rings is 2. The van der Waals surface area contributed by atoms with E-state index in [1.54, 1.807) is 76.2 Å². The number of amides is 2. The maximum Gasteiger partial charge on any atom is 0.390 e. The maximum absolute atomic E-state index is 13.2. The van der Waals surface area contributed by atoms with E-state index >= 15 is 0 Å². The van der Waals surface area contributed by atoms with Crippen molar-refractivity contribution >= 4 is 40.8 Å². The van der Waals surface area contributed by atoms with Crippen molar-refractivity contribution in [2.24, 2.45) is 16.1 Å². The number of urea groups is 1. The molecule has 4 N–H and O–H groups in total. The molecule has 2 aromatic rings. The Morgan fingerprint density at radius 1 is 0.963 bits per heavy atom. The van der Waals surface area contributed by atoms with E-state index in [4.69, 9.17) is 32.5 Å². The van der Waals surface area contributed by atoms with Gasteiger partial charge in [-0.05, 0) is 71.2 Å². The Kier molecular flexibility index (Phi) is 27.9. The zero-order chi connectivity index (χ0) is 42.9. The SMILES string of the molecule is CC.CC.CC.CC.CC.Cc1ccc(C(=N)N(CCC(F)(F)F)C(=O)NC/C(N)=C2\CCC(C)(C(=O)OC(C)(C)C)CC2=Nc2cccc(Cl)c2)cc1. The molecule has 1 atom stereocenters. The highest BCUT2D eigenvalue weighted by molar-refractivity contribution is 6.30. The lowest BCUT2D eigenvalue weighted by Crippen LogP contribution is -2.46. The molecule has 2 amide bonds. The standard InChI is InChI=1S/C32H39ClF3N5O3.5C2H6/c1-20-9-11-21(12-10-20)27(38)41(16-15-32(34,35)36)29(43)39-19-25(37)24-13-14-31(5,28(42)44-30(2,3)4)18-26(24)40-23-8-6-7-22(33)17-23;5*1-2/h6-12,17,38H,13-16,18-19,37H2,1-5H3,(H,39,43);5*1-2H3/b25-24-,38-27?,40-26?;;;;;. The first-order valence-corrected chi connectivity index (χ1v) is 19.6. The lowest BCUT2D eigenvalue weighted by atomic mass is 9.72. The van der Waals surface area contributed by atoms with Gasteiger partial charge < -0.3 is 15.8 Å². The molecule has 0 saturated heterocycles. The molecule has 0 heterocycles. The second-order valence-electron chi connectivity index (χ2n) is 12.2. The van der Waals surface area contributed by atoms with E-state index in [2.05, 4.69) is 5.32 Å². The van der Waals surface area contributed by atoms with Gasteiger partial charge in [-0.15, -0.1) is 0 Å². The van der Waals surface area contributed by atoms with Gasteiger partial charge in [0.25, 0.3) is 0 Å². The zero-order valence-corrected chi connectivity index (χ0v) is 36.3. The normalized spacial score (nSPS) is 16.3. The predicted molar refractivity (Wildman–Crippen MR) is 223 cm³/mol. The number of alkyl halides is 3. The Hall–Kier alpha value is -3.86. The van der Waals surface area contributed by atoms with Crippen LogP contribution in [0.3, 0.4) is 0 Å². The Morgan fingerprint density at radius 2 is 1.50 bits per heavy atom. The molecule has 1 unspecified atom stereocenters. The number of aryl methyl sites for hydroxylation is 1. The number of nitrogens with one attached hydrogen (secondary N) is 2. The average molecular weight is 784 g/mol. The summed E-state index contributed by atoms with van der Waals surface area (Å²) in [6, 6.07) is 12.5. The van der Waals surface area contributed by atoms with Gasteiger partial charge in [-0.2, -0.15) is 13.2 Å². The number of allylic oxidation sites excluding steroid dienone is 1. The van der Waals surface area contributed by atoms with Crippen LogP contribution < -0.4 is 11.1 Å². The fourth-order valence-electron chi connectivity index (χ4n) is 4.63. The van der Waals surface area contributed by atoms with Gasteiger partial charge in [0.05, 0.1) is 24.1 Å². The van der Waals surface area contributed by atoms with Crippen LogP contribution >= 0.6 is 11.6 Å². The summed E-state index contributed by atoms with van der Waals surface area (Å²) in [5.41, 5.74) is 8.00. The number of nitrogens with two attached hydrogens (primary N) is 1. The summed E-state index contributed by atoms with van der Waals surface area (Å²) in [5.74, 6) is -0.739. The summed E-state index contributed by atoms with van der Waals surface area (Å²) in [6.07, 6.45) is -4.87. The third-order valence-corrected chi connectivity index (χ3v) is 7.31. The molecule has 0 spiro atoms. The van der Waals surface area contributed by atoms with Crippen molar-refractivity contribution in [2.75, 3.05) is 13.1 Å². The van der Waals surface area contributed by atoms with Crippen molar-refractivity contribution in [1.82, 2.24) is 10.2 Å². The maximum atomic E-state index is 13.2. The molecule has 2 aromatic carbocycles. The molecule has 54 heavy (non-hydrogen) atoms. The lowest BCUT2D eigenvalue weighted by Gasteiger charge is -2.36. The van der Waals surface area contributed by atoms with Gasteiger partial charge in [-0.25, -0.2) is 4.79 Å². The van der Waals surface area contributed by atoms with Crippen molar-refractivity contribution in [3.8, 4) is 0 Å². The Labute approximate surface area is 329 Å². The van der Waals surface area contributed by atoms with Gasteiger partial charge in [-0.1, -0.05) is 117 Å². The first-order chi connectivity index (χ1) is 25.4. The minimum atomic E-state index is -4.53. The van der Waals surface area contributed by atoms with Gasteiger partial charge in [0.1, 0.15) is 11.4 Å². The molecule has 12 heteroatoms. The zero-order valence-electron chi connectivity index (χ0n) is 35.6. The molecule has 0 radical (unpaired) electrons. The van der Waals surface area contributed by atoms with Crippen LogP contribution in [0, 0.1) is 17.7 Å². The lowest BCUT2D eigenvalue weighted by molar-refractivity contribution is -0.167. The molecule has 0 aliphatic heterocycles. The predicted octanol–water partition coefficient (Wildman–Crippen LogP) is 12.6. The average Bonchev–Trinajstić information content (AvgIpc) is 3.14. The monoisotopic (exact) mass is 784 g/mol. The van der Waals surface area contributed by atoms with Crippen LogP contribution in [0.15, 0.2) is 64.8 Å². The number of ether oxygens (including phenoxy) is 1. The number of hydrogen-bond acceptors (Lipinski definition) is 6. The molecule has 3 rings (SSSR count). The van der Waals surface area contributed by atoms with Gasteiger partial charge in [-0.3, -0.25) is 20.1 Å². The number of amidine groups is 1. The Balaban J connectivity index is -0.00000240. The highest BCUT2D eigenvalue weighted by Gasteiger charge is 2.42. The van der Waals surface area contributed by atoms with Crippen LogP contribution in [0.1, 0.15) is 134 Å². The summed E-state index contributed by atoms with van der Waals surface area (Å²) in [5, 5.41) is 11.5. The number of hydrogen-bond donors (Lipinski definition) is 3. The van der Waals surface area contributed by atoms with Gasteiger partial charge in [0, 0.05) is 35.0 Å². The topological polar surface area (TPSA) is 121 Å². The highest BCUT2D eigenvalue weighted by atomic mass is 35.5. The Bertz CT molecular complexity index is 1450. The molecule has 1 aliphatic carbocycles. The van der Waals surface area contributed by atoms with Gasteiger partial charge in [0.15, 0.2) is 0 Å². The number of carbonyl (C=O) groups is 2. The summed E-state index contributed by atoms with van der Waals surface area (Å²) in [6.45, 7) is 28.1. The van der Waals surface area contributed by atoms with E-state index < -0.39 is 36.2 Å². The molecule has 0 bridgehead atoms. The molecule has 0 aromatic heterocycles. The summed E-state index contributed by atoms with van der Waals surface area (Å²) < 4.78 is 45.0. The van der Waals surface area contributed by atoms with Crippen molar-refractivity contribution in [1.29, 1.82) is 5.41 Å². The quantitative estimate of drug-likeness (QED) is 0.147. The van der Waals surface area contributed by atoms with Crippen LogP contribution in [-0.2, 0) is 9.53 Å². The summed E-state index contributed by atoms with van der Waals surface area (Å²) in [4.78, 5) is 31.9. The van der Waals surface area contributed by atoms with Crippen molar-refractivity contribution < 1.29 is 27.5 Å². The number of halogens is 4. The van der Waals surface area contributed by atoms with E-state index in [-0.39, 0.29) is 30.5 Å². The fourth-order valence-corrected chi connectivity index (χ4v) is 4.82. The molecular formula is C42H69ClF3N5O3. The van der Waals surface area contributed by atoms with Crippen molar-refractivity contribution in [2.45, 2.75) is 141 Å². The summed E-state index contributed by atoms with van der Waals surface area (Å²) >= 11 is 6.17. The molecule has 1 saturated carbocycles. The van der Waals surface area contributed by atoms with E-state index in [1.807, 2.05) is 76.2 Å². The molecular weight excluding hydrogens is 715 g/mol. The fraction of sp³-hybridized carbons (Fsp3) is 0.571. The number of rotatable bonds is 7. The number of aliphatic imine (C=N–C) groups is 1. The van der Waals surface area contributed by atoms with E-state index in [9.17, 15) is 22.8 Å². The second-order valence-corrected chi connectivity index (χ2v) is 12.6. The minimum absolute atomic E-state index is 0.203. The van der Waals surface area contributed by atoms with Crippen molar-refractivity contribution in [3.63, 3.8) is 0 Å². The first-order valence-electron chi connectivity index (χ1n) is 19.2. The summed E-state index contributed by atoms with van der Waals surface area (Å²) in [7, 11) is 0. The molecule has 8 nitrogen and oxygen atoms in total. The van der Waals surface area contributed by atoms with Gasteiger partial charge >= 0.3 is 18.2 Å². The number of esters is 1.